The number of nitrogens with zero attached hydrogens (tertiary/aromatic N) is 4. The van der Waals surface area contributed by atoms with Gasteiger partial charge in [-0.1, -0.05) is 12.1 Å². The predicted octanol–water partition coefficient (Wildman–Crippen LogP) is 2.53. The minimum absolute atomic E-state index is 0.0624. The highest BCUT2D eigenvalue weighted by Gasteiger charge is 2.16. The molecule has 1 saturated heterocycles. The van der Waals surface area contributed by atoms with E-state index in [1.165, 1.54) is 0 Å². The second-order valence-electron chi connectivity index (χ2n) is 6.79. The molecule has 1 atom stereocenters. The summed E-state index contributed by atoms with van der Waals surface area (Å²) < 4.78 is 13.7. The number of piperazine rings is 1. The van der Waals surface area contributed by atoms with Gasteiger partial charge in [0.25, 0.3) is 0 Å². The van der Waals surface area contributed by atoms with E-state index in [1.807, 2.05) is 31.5 Å². The van der Waals surface area contributed by atoms with Crippen molar-refractivity contribution in [2.75, 3.05) is 38.1 Å². The molecule has 0 saturated carbocycles. The van der Waals surface area contributed by atoms with Gasteiger partial charge in [0.15, 0.2) is 0 Å². The summed E-state index contributed by atoms with van der Waals surface area (Å²) in [6, 6.07) is 5.44. The van der Waals surface area contributed by atoms with Crippen LogP contribution in [0.4, 0.5) is 10.3 Å². The predicted molar refractivity (Wildman–Crippen MR) is 98.1 cm³/mol. The van der Waals surface area contributed by atoms with Gasteiger partial charge in [0.1, 0.15) is 5.82 Å². The third kappa shape index (κ3) is 4.52. The fourth-order valence-corrected chi connectivity index (χ4v) is 2.88. The molecule has 1 aliphatic rings. The van der Waals surface area contributed by atoms with Gasteiger partial charge in [0.05, 0.1) is 0 Å². The molecular weight excluding hydrogens is 317 g/mol. The number of anilines is 1. The van der Waals surface area contributed by atoms with Crippen molar-refractivity contribution in [3.8, 4) is 0 Å². The molecule has 1 N–H and O–H groups in total. The number of nitrogens with one attached hydrogen (secondary N) is 1. The molecule has 1 aromatic heterocycles. The van der Waals surface area contributed by atoms with Crippen molar-refractivity contribution in [3.63, 3.8) is 0 Å². The second-order valence-corrected chi connectivity index (χ2v) is 6.79. The monoisotopic (exact) mass is 343 g/mol. The van der Waals surface area contributed by atoms with E-state index in [9.17, 15) is 4.39 Å². The Kier molecular flexibility index (Phi) is 5.60. The van der Waals surface area contributed by atoms with Gasteiger partial charge in [0, 0.05) is 56.7 Å². The fourth-order valence-electron chi connectivity index (χ4n) is 2.88. The summed E-state index contributed by atoms with van der Waals surface area (Å²) in [5.74, 6) is 0.636. The van der Waals surface area contributed by atoms with Crippen molar-refractivity contribution < 1.29 is 4.39 Å². The average molecular weight is 343 g/mol. The van der Waals surface area contributed by atoms with E-state index in [0.717, 1.165) is 43.3 Å². The lowest BCUT2D eigenvalue weighted by Crippen LogP contribution is -2.45. The van der Waals surface area contributed by atoms with E-state index in [0.29, 0.717) is 12.1 Å². The van der Waals surface area contributed by atoms with Crippen LogP contribution in [0.1, 0.15) is 29.7 Å². The Morgan fingerprint density at radius 1 is 1.16 bits per heavy atom. The molecule has 1 aliphatic heterocycles. The Bertz CT molecular complexity index is 695. The highest BCUT2D eigenvalue weighted by Crippen LogP contribution is 2.17. The first-order valence-electron chi connectivity index (χ1n) is 8.77. The summed E-state index contributed by atoms with van der Waals surface area (Å²) in [5, 5.41) is 3.40. The molecule has 0 spiro atoms. The maximum Gasteiger partial charge on any atom is 0.225 e. The van der Waals surface area contributed by atoms with Gasteiger partial charge in [-0.05, 0) is 38.1 Å². The highest BCUT2D eigenvalue weighted by molar-refractivity contribution is 5.31. The van der Waals surface area contributed by atoms with Gasteiger partial charge < -0.3 is 15.1 Å². The number of hydrogen-bond acceptors (Lipinski definition) is 5. The minimum Gasteiger partial charge on any atom is -0.338 e. The van der Waals surface area contributed by atoms with E-state index < -0.39 is 0 Å². The maximum atomic E-state index is 13.7. The lowest BCUT2D eigenvalue weighted by atomic mass is 10.1. The molecule has 6 heteroatoms. The first-order valence-corrected chi connectivity index (χ1v) is 8.77. The Morgan fingerprint density at radius 3 is 2.48 bits per heavy atom. The molecule has 5 nitrogen and oxygen atoms in total. The average Bonchev–Trinajstić information content (AvgIpc) is 2.63. The molecular formula is C19H26FN5. The number of aryl methyl sites for hydroxylation is 1. The number of likely N-dealkylation sites (N-methyl/N-ethyl adjacent to an activating group) is 1. The fraction of sp³-hybridized carbons (Fsp3) is 0.474. The molecule has 0 amide bonds. The molecule has 2 aromatic rings. The SMILES string of the molecule is Cc1ccc([C@H](C)NCc2cnc(N3CCN(C)CC3)nc2)cc1F. The van der Waals surface area contributed by atoms with Gasteiger partial charge in [-0.3, -0.25) is 0 Å². The Morgan fingerprint density at radius 2 is 1.84 bits per heavy atom. The Hall–Kier alpha value is -2.05. The van der Waals surface area contributed by atoms with E-state index in [2.05, 4.69) is 32.1 Å². The Balaban J connectivity index is 1.55. The summed E-state index contributed by atoms with van der Waals surface area (Å²) in [6.07, 6.45) is 3.74. The van der Waals surface area contributed by atoms with Crippen LogP contribution in [-0.2, 0) is 6.54 Å². The zero-order chi connectivity index (χ0) is 17.8. The molecule has 0 bridgehead atoms. The van der Waals surface area contributed by atoms with Crippen LogP contribution < -0.4 is 10.2 Å². The van der Waals surface area contributed by atoms with Crippen molar-refractivity contribution >= 4 is 5.95 Å². The molecule has 134 valence electrons. The normalized spacial score (nSPS) is 16.9. The number of benzene rings is 1. The van der Waals surface area contributed by atoms with Crippen molar-refractivity contribution in [3.05, 3.63) is 53.1 Å². The van der Waals surface area contributed by atoms with E-state index in [1.54, 1.807) is 13.0 Å². The Labute approximate surface area is 148 Å². The molecule has 25 heavy (non-hydrogen) atoms. The smallest absolute Gasteiger partial charge is 0.225 e. The van der Waals surface area contributed by atoms with Crippen LogP contribution in [0.3, 0.4) is 0 Å². The third-order valence-electron chi connectivity index (χ3n) is 4.79. The number of rotatable bonds is 5. The molecule has 3 rings (SSSR count). The summed E-state index contributed by atoms with van der Waals surface area (Å²) in [5.41, 5.74) is 2.64. The molecule has 2 heterocycles. The van der Waals surface area contributed by atoms with Crippen LogP contribution in [0.2, 0.25) is 0 Å². The van der Waals surface area contributed by atoms with E-state index >= 15 is 0 Å². The first-order chi connectivity index (χ1) is 12.0. The quantitative estimate of drug-likeness (QED) is 0.904. The second kappa shape index (κ2) is 7.89. The maximum absolute atomic E-state index is 13.7. The lowest BCUT2D eigenvalue weighted by Gasteiger charge is -2.32. The van der Waals surface area contributed by atoms with Gasteiger partial charge in [-0.2, -0.15) is 0 Å². The highest BCUT2D eigenvalue weighted by atomic mass is 19.1. The first kappa shape index (κ1) is 17.8. The lowest BCUT2D eigenvalue weighted by molar-refractivity contribution is 0.311. The van der Waals surface area contributed by atoms with Crippen LogP contribution in [0.15, 0.2) is 30.6 Å². The van der Waals surface area contributed by atoms with Crippen molar-refractivity contribution in [2.45, 2.75) is 26.4 Å². The van der Waals surface area contributed by atoms with E-state index in [-0.39, 0.29) is 11.9 Å². The minimum atomic E-state index is -0.161. The third-order valence-corrected chi connectivity index (χ3v) is 4.79. The molecule has 0 unspecified atom stereocenters. The summed E-state index contributed by atoms with van der Waals surface area (Å²) >= 11 is 0. The standard InChI is InChI=1S/C19H26FN5/c1-14-4-5-17(10-18(14)20)15(2)21-11-16-12-22-19(23-13-16)25-8-6-24(3)7-9-25/h4-5,10,12-13,15,21H,6-9,11H2,1-3H3/t15-/m0/s1. The van der Waals surface area contributed by atoms with Gasteiger partial charge in [-0.25, -0.2) is 14.4 Å². The molecule has 0 radical (unpaired) electrons. The van der Waals surface area contributed by atoms with Gasteiger partial charge >= 0.3 is 0 Å². The van der Waals surface area contributed by atoms with Crippen LogP contribution in [-0.4, -0.2) is 48.1 Å². The van der Waals surface area contributed by atoms with Crippen molar-refractivity contribution in [2.24, 2.45) is 0 Å². The largest absolute Gasteiger partial charge is 0.338 e. The summed E-state index contributed by atoms with van der Waals surface area (Å²) in [6.45, 7) is 8.46. The van der Waals surface area contributed by atoms with Gasteiger partial charge in [0.2, 0.25) is 5.95 Å². The summed E-state index contributed by atoms with van der Waals surface area (Å²) in [7, 11) is 2.13. The van der Waals surface area contributed by atoms with Crippen molar-refractivity contribution in [1.29, 1.82) is 0 Å². The van der Waals surface area contributed by atoms with Crippen molar-refractivity contribution in [1.82, 2.24) is 20.2 Å². The number of halogens is 1. The topological polar surface area (TPSA) is 44.3 Å². The number of hydrogen-bond donors (Lipinski definition) is 1. The zero-order valence-corrected chi connectivity index (χ0v) is 15.2. The summed E-state index contributed by atoms with van der Waals surface area (Å²) in [4.78, 5) is 13.5. The van der Waals surface area contributed by atoms with Gasteiger partial charge in [-0.15, -0.1) is 0 Å². The number of aromatic nitrogens is 2. The molecule has 1 aromatic carbocycles. The molecule has 0 aliphatic carbocycles. The van der Waals surface area contributed by atoms with Crippen LogP contribution in [0.5, 0.6) is 0 Å². The van der Waals surface area contributed by atoms with E-state index in [4.69, 9.17) is 0 Å². The van der Waals surface area contributed by atoms with Crippen LogP contribution in [0.25, 0.3) is 0 Å². The van der Waals surface area contributed by atoms with Crippen LogP contribution >= 0.6 is 0 Å². The van der Waals surface area contributed by atoms with Crippen LogP contribution in [0, 0.1) is 12.7 Å². The molecule has 1 fully saturated rings. The zero-order valence-electron chi connectivity index (χ0n) is 15.2.